The van der Waals surface area contributed by atoms with Crippen LogP contribution in [0.5, 0.6) is 5.75 Å². The van der Waals surface area contributed by atoms with E-state index in [9.17, 15) is 14.0 Å². The first-order valence-corrected chi connectivity index (χ1v) is 9.04. The van der Waals surface area contributed by atoms with Crippen LogP contribution in [-0.2, 0) is 11.3 Å². The fraction of sp³-hybridized carbons (Fsp3) is 0.353. The summed E-state index contributed by atoms with van der Waals surface area (Å²) in [4.78, 5) is 32.2. The number of halogens is 1. The van der Waals surface area contributed by atoms with Crippen LogP contribution in [-0.4, -0.2) is 59.4 Å². The summed E-state index contributed by atoms with van der Waals surface area (Å²) in [5.74, 6) is -0.230. The number of nitrogens with two attached hydrogens (primary N) is 1. The lowest BCUT2D eigenvalue weighted by molar-refractivity contribution is -0.134. The fourth-order valence-corrected chi connectivity index (χ4v) is 3.24. The van der Waals surface area contributed by atoms with Gasteiger partial charge in [0.05, 0.1) is 0 Å². The van der Waals surface area contributed by atoms with Crippen molar-refractivity contribution in [3.05, 3.63) is 46.2 Å². The molecule has 0 atom stereocenters. The molecular formula is C17H19FN4O3S. The molecule has 2 heterocycles. The SMILES string of the molecule is NCc1nc(C(=O)N2CCN(C(=O)COc3ccc(F)cc3)CC2)cs1. The predicted molar refractivity (Wildman–Crippen MR) is 94.4 cm³/mol. The second kappa shape index (κ2) is 8.24. The number of ether oxygens (including phenoxy) is 1. The van der Waals surface area contributed by atoms with Crippen molar-refractivity contribution >= 4 is 23.2 Å². The first-order valence-electron chi connectivity index (χ1n) is 8.16. The lowest BCUT2D eigenvalue weighted by atomic mass is 10.3. The largest absolute Gasteiger partial charge is 0.484 e. The Balaban J connectivity index is 1.47. The van der Waals surface area contributed by atoms with Gasteiger partial charge in [-0.3, -0.25) is 9.59 Å². The van der Waals surface area contributed by atoms with Gasteiger partial charge < -0.3 is 20.3 Å². The van der Waals surface area contributed by atoms with E-state index in [4.69, 9.17) is 10.5 Å². The maximum atomic E-state index is 12.8. The summed E-state index contributed by atoms with van der Waals surface area (Å²) in [6.07, 6.45) is 0. The van der Waals surface area contributed by atoms with Crippen molar-refractivity contribution in [3.8, 4) is 5.75 Å². The number of hydrogen-bond acceptors (Lipinski definition) is 6. The average Bonchev–Trinajstić information content (AvgIpc) is 3.16. The molecular weight excluding hydrogens is 359 g/mol. The van der Waals surface area contributed by atoms with Crippen molar-refractivity contribution in [3.63, 3.8) is 0 Å². The van der Waals surface area contributed by atoms with Crippen molar-refractivity contribution in [2.45, 2.75) is 6.54 Å². The monoisotopic (exact) mass is 378 g/mol. The van der Waals surface area contributed by atoms with E-state index in [0.717, 1.165) is 5.01 Å². The number of hydrogen-bond donors (Lipinski definition) is 1. The van der Waals surface area contributed by atoms with Gasteiger partial charge in [-0.05, 0) is 24.3 Å². The summed E-state index contributed by atoms with van der Waals surface area (Å²) >= 11 is 1.36. The van der Waals surface area contributed by atoms with Crippen LogP contribution in [0, 0.1) is 5.82 Å². The average molecular weight is 378 g/mol. The van der Waals surface area contributed by atoms with Crippen LogP contribution in [0.15, 0.2) is 29.6 Å². The molecule has 7 nitrogen and oxygen atoms in total. The van der Waals surface area contributed by atoms with E-state index in [2.05, 4.69) is 4.98 Å². The number of carbonyl (C=O) groups excluding carboxylic acids is 2. The van der Waals surface area contributed by atoms with Crippen molar-refractivity contribution < 1.29 is 18.7 Å². The fourth-order valence-electron chi connectivity index (χ4n) is 2.59. The number of nitrogens with zero attached hydrogens (tertiary/aromatic N) is 3. The van der Waals surface area contributed by atoms with E-state index in [-0.39, 0.29) is 24.2 Å². The van der Waals surface area contributed by atoms with Gasteiger partial charge in [0.2, 0.25) is 0 Å². The molecule has 0 saturated carbocycles. The Hall–Kier alpha value is -2.52. The number of rotatable bonds is 5. The van der Waals surface area contributed by atoms with Gasteiger partial charge in [0.25, 0.3) is 11.8 Å². The van der Waals surface area contributed by atoms with Gasteiger partial charge in [-0.15, -0.1) is 11.3 Å². The highest BCUT2D eigenvalue weighted by Gasteiger charge is 2.26. The molecule has 1 saturated heterocycles. The van der Waals surface area contributed by atoms with Crippen LogP contribution in [0.2, 0.25) is 0 Å². The van der Waals surface area contributed by atoms with Crippen LogP contribution in [0.3, 0.4) is 0 Å². The van der Waals surface area contributed by atoms with Crippen LogP contribution >= 0.6 is 11.3 Å². The predicted octanol–water partition coefficient (Wildman–Crippen LogP) is 1.10. The highest BCUT2D eigenvalue weighted by molar-refractivity contribution is 7.09. The third kappa shape index (κ3) is 4.36. The zero-order valence-corrected chi connectivity index (χ0v) is 14.9. The molecule has 1 aliphatic heterocycles. The highest BCUT2D eigenvalue weighted by Crippen LogP contribution is 2.14. The molecule has 138 valence electrons. The molecule has 0 spiro atoms. The number of amides is 2. The number of piperazine rings is 1. The normalized spacial score (nSPS) is 14.4. The second-order valence-corrected chi connectivity index (χ2v) is 6.69. The number of thiazole rings is 1. The maximum Gasteiger partial charge on any atom is 0.273 e. The highest BCUT2D eigenvalue weighted by atomic mass is 32.1. The lowest BCUT2D eigenvalue weighted by Gasteiger charge is -2.34. The third-order valence-electron chi connectivity index (χ3n) is 4.04. The molecule has 0 radical (unpaired) electrons. The standard InChI is InChI=1S/C17H19FN4O3S/c18-12-1-3-13(4-2-12)25-10-16(23)21-5-7-22(8-6-21)17(24)14-11-26-15(9-19)20-14/h1-4,11H,5-10,19H2. The number of aromatic nitrogens is 1. The minimum atomic E-state index is -0.358. The summed E-state index contributed by atoms with van der Waals surface area (Å²) < 4.78 is 18.2. The van der Waals surface area contributed by atoms with Crippen molar-refractivity contribution in [2.24, 2.45) is 5.73 Å². The van der Waals surface area contributed by atoms with Crippen molar-refractivity contribution in [1.82, 2.24) is 14.8 Å². The molecule has 2 N–H and O–H groups in total. The summed E-state index contributed by atoms with van der Waals surface area (Å²) in [6.45, 7) is 1.95. The molecule has 3 rings (SSSR count). The molecule has 0 bridgehead atoms. The minimum Gasteiger partial charge on any atom is -0.484 e. The van der Waals surface area contributed by atoms with Crippen LogP contribution < -0.4 is 10.5 Å². The van der Waals surface area contributed by atoms with Gasteiger partial charge in [-0.25, -0.2) is 9.37 Å². The molecule has 2 amide bonds. The molecule has 9 heteroatoms. The van der Waals surface area contributed by atoms with Crippen molar-refractivity contribution in [1.29, 1.82) is 0 Å². The van der Waals surface area contributed by atoms with E-state index in [1.54, 1.807) is 15.2 Å². The maximum absolute atomic E-state index is 12.8. The summed E-state index contributed by atoms with van der Waals surface area (Å²) in [6, 6.07) is 5.50. The Morgan fingerprint density at radius 1 is 1.15 bits per heavy atom. The summed E-state index contributed by atoms with van der Waals surface area (Å²) in [5.41, 5.74) is 5.92. The summed E-state index contributed by atoms with van der Waals surface area (Å²) in [7, 11) is 0. The Bertz CT molecular complexity index is 773. The van der Waals surface area contributed by atoms with E-state index in [1.165, 1.54) is 35.6 Å². The molecule has 1 aromatic carbocycles. The zero-order valence-electron chi connectivity index (χ0n) is 14.1. The van der Waals surface area contributed by atoms with Gasteiger partial charge in [-0.2, -0.15) is 0 Å². The van der Waals surface area contributed by atoms with Crippen LogP contribution in [0.4, 0.5) is 4.39 Å². The van der Waals surface area contributed by atoms with Gasteiger partial charge >= 0.3 is 0 Å². The molecule has 1 fully saturated rings. The Morgan fingerprint density at radius 3 is 2.42 bits per heavy atom. The van der Waals surface area contributed by atoms with E-state index >= 15 is 0 Å². The smallest absolute Gasteiger partial charge is 0.273 e. The van der Waals surface area contributed by atoms with Crippen LogP contribution in [0.25, 0.3) is 0 Å². The lowest BCUT2D eigenvalue weighted by Crippen LogP contribution is -2.51. The molecule has 26 heavy (non-hydrogen) atoms. The van der Waals surface area contributed by atoms with Gasteiger partial charge in [0, 0.05) is 38.1 Å². The minimum absolute atomic E-state index is 0.120. The first-order chi connectivity index (χ1) is 12.6. The topological polar surface area (TPSA) is 88.8 Å². The Labute approximate surface area is 154 Å². The number of carbonyl (C=O) groups is 2. The molecule has 0 unspecified atom stereocenters. The van der Waals surface area contributed by atoms with Crippen LogP contribution in [0.1, 0.15) is 15.5 Å². The van der Waals surface area contributed by atoms with E-state index in [1.807, 2.05) is 0 Å². The molecule has 1 aliphatic rings. The third-order valence-corrected chi connectivity index (χ3v) is 4.91. The van der Waals surface area contributed by atoms with Gasteiger partial charge in [0.1, 0.15) is 22.3 Å². The van der Waals surface area contributed by atoms with Gasteiger partial charge in [-0.1, -0.05) is 0 Å². The van der Waals surface area contributed by atoms with E-state index in [0.29, 0.717) is 44.2 Å². The first kappa shape index (κ1) is 18.3. The quantitative estimate of drug-likeness (QED) is 0.842. The Morgan fingerprint density at radius 2 is 1.81 bits per heavy atom. The van der Waals surface area contributed by atoms with Crippen molar-refractivity contribution in [2.75, 3.05) is 32.8 Å². The van der Waals surface area contributed by atoms with Gasteiger partial charge in [0.15, 0.2) is 6.61 Å². The van der Waals surface area contributed by atoms with E-state index < -0.39 is 0 Å². The molecule has 2 aromatic rings. The summed E-state index contributed by atoms with van der Waals surface area (Å²) in [5, 5.41) is 2.43. The second-order valence-electron chi connectivity index (χ2n) is 5.75. The molecule has 0 aliphatic carbocycles. The number of benzene rings is 1. The Kier molecular flexibility index (Phi) is 5.79. The molecule has 1 aromatic heterocycles. The zero-order chi connectivity index (χ0) is 18.5.